The predicted molar refractivity (Wildman–Crippen MR) is 107 cm³/mol. The summed E-state index contributed by atoms with van der Waals surface area (Å²) in [5.74, 6) is 1.99. The number of amides is 1. The second-order valence-corrected chi connectivity index (χ2v) is 7.55. The lowest BCUT2D eigenvalue weighted by Gasteiger charge is -2.23. The Kier molecular flexibility index (Phi) is 4.59. The second kappa shape index (κ2) is 7.03. The Morgan fingerprint density at radius 1 is 1.23 bits per heavy atom. The van der Waals surface area contributed by atoms with Gasteiger partial charge in [0, 0.05) is 44.0 Å². The Labute approximate surface area is 157 Å². The van der Waals surface area contributed by atoms with Gasteiger partial charge in [0.2, 0.25) is 5.91 Å². The zero-order chi connectivity index (χ0) is 18.1. The van der Waals surface area contributed by atoms with Crippen LogP contribution in [-0.2, 0) is 4.79 Å². The summed E-state index contributed by atoms with van der Waals surface area (Å²) in [7, 11) is 2.05. The number of fused-ring (bicyclic) bond motifs is 1. The summed E-state index contributed by atoms with van der Waals surface area (Å²) >= 11 is 1.66. The average molecular weight is 366 g/mol. The predicted octanol–water partition coefficient (Wildman–Crippen LogP) is 3.73. The monoisotopic (exact) mass is 366 g/mol. The van der Waals surface area contributed by atoms with Gasteiger partial charge in [0.05, 0.1) is 5.39 Å². The molecule has 0 unspecified atom stereocenters. The minimum Gasteiger partial charge on any atom is -0.357 e. The van der Waals surface area contributed by atoms with E-state index in [9.17, 15) is 4.79 Å². The van der Waals surface area contributed by atoms with Crippen molar-refractivity contribution in [3.63, 3.8) is 0 Å². The van der Waals surface area contributed by atoms with E-state index < -0.39 is 0 Å². The van der Waals surface area contributed by atoms with E-state index in [1.165, 1.54) is 11.1 Å². The highest BCUT2D eigenvalue weighted by Crippen LogP contribution is 2.37. The quantitative estimate of drug-likeness (QED) is 0.690. The van der Waals surface area contributed by atoms with E-state index in [1.807, 2.05) is 24.9 Å². The number of carbonyl (C=O) groups is 1. The molecule has 1 amide bonds. The van der Waals surface area contributed by atoms with Gasteiger partial charge in [0.15, 0.2) is 0 Å². The summed E-state index contributed by atoms with van der Waals surface area (Å²) < 4.78 is 0. The summed E-state index contributed by atoms with van der Waals surface area (Å²) in [6, 6.07) is 10.4. The molecule has 1 aliphatic heterocycles. The van der Waals surface area contributed by atoms with Crippen molar-refractivity contribution < 1.29 is 4.79 Å². The van der Waals surface area contributed by atoms with Gasteiger partial charge < -0.3 is 9.80 Å². The van der Waals surface area contributed by atoms with Crippen molar-refractivity contribution in [1.82, 2.24) is 14.9 Å². The highest BCUT2D eigenvalue weighted by atomic mass is 32.1. The van der Waals surface area contributed by atoms with Gasteiger partial charge in [-0.05, 0) is 18.9 Å². The minimum atomic E-state index is 0.267. The average Bonchev–Trinajstić information content (AvgIpc) is 3.25. The van der Waals surface area contributed by atoms with Crippen LogP contribution in [0.5, 0.6) is 0 Å². The molecular formula is C20H22N4OS. The molecular weight excluding hydrogens is 344 g/mol. The molecule has 1 aromatic carbocycles. The highest BCUT2D eigenvalue weighted by molar-refractivity contribution is 7.17. The first-order chi connectivity index (χ1) is 12.6. The Balaban J connectivity index is 1.69. The van der Waals surface area contributed by atoms with E-state index in [4.69, 9.17) is 4.98 Å². The maximum atomic E-state index is 11.9. The van der Waals surface area contributed by atoms with Crippen LogP contribution in [0.15, 0.2) is 35.7 Å². The third kappa shape index (κ3) is 3.17. The topological polar surface area (TPSA) is 49.3 Å². The number of carbonyl (C=O) groups excluding carboxylic acids is 1. The number of likely N-dealkylation sites (N-methyl/N-ethyl adjacent to an activating group) is 1. The molecule has 2 aromatic heterocycles. The third-order valence-electron chi connectivity index (χ3n) is 4.85. The summed E-state index contributed by atoms with van der Waals surface area (Å²) in [4.78, 5) is 26.4. The SMILES string of the molecule is Cc1nc(N(C)CCN2CCCC2=O)c2c(-c3ccccc3)csc2n1. The van der Waals surface area contributed by atoms with Gasteiger partial charge in [-0.3, -0.25) is 4.79 Å². The normalized spacial score (nSPS) is 14.4. The molecule has 26 heavy (non-hydrogen) atoms. The van der Waals surface area contributed by atoms with Crippen molar-refractivity contribution in [2.75, 3.05) is 31.6 Å². The summed E-state index contributed by atoms with van der Waals surface area (Å²) in [6.45, 7) is 4.31. The molecule has 3 aromatic rings. The fraction of sp³-hybridized carbons (Fsp3) is 0.350. The van der Waals surface area contributed by atoms with Crippen LogP contribution in [0.4, 0.5) is 5.82 Å². The zero-order valence-electron chi connectivity index (χ0n) is 15.1. The van der Waals surface area contributed by atoms with Gasteiger partial charge in [-0.2, -0.15) is 0 Å². The molecule has 4 rings (SSSR count). The number of likely N-dealkylation sites (tertiary alicyclic amines) is 1. The molecule has 1 aliphatic rings. The van der Waals surface area contributed by atoms with Crippen LogP contribution in [0, 0.1) is 6.92 Å². The van der Waals surface area contributed by atoms with Crippen LogP contribution in [0.1, 0.15) is 18.7 Å². The second-order valence-electron chi connectivity index (χ2n) is 6.70. The highest BCUT2D eigenvalue weighted by Gasteiger charge is 2.21. The smallest absolute Gasteiger partial charge is 0.222 e. The van der Waals surface area contributed by atoms with Crippen molar-refractivity contribution in [3.05, 3.63) is 41.5 Å². The molecule has 3 heterocycles. The van der Waals surface area contributed by atoms with Crippen LogP contribution in [0.25, 0.3) is 21.3 Å². The van der Waals surface area contributed by atoms with Crippen LogP contribution in [-0.4, -0.2) is 47.5 Å². The van der Waals surface area contributed by atoms with Crippen molar-refractivity contribution in [2.45, 2.75) is 19.8 Å². The number of benzene rings is 1. The lowest BCUT2D eigenvalue weighted by molar-refractivity contribution is -0.127. The van der Waals surface area contributed by atoms with Gasteiger partial charge in [-0.15, -0.1) is 11.3 Å². The molecule has 0 radical (unpaired) electrons. The molecule has 0 spiro atoms. The van der Waals surface area contributed by atoms with E-state index in [1.54, 1.807) is 11.3 Å². The van der Waals surface area contributed by atoms with E-state index in [-0.39, 0.29) is 5.91 Å². The number of hydrogen-bond acceptors (Lipinski definition) is 5. The molecule has 0 bridgehead atoms. The summed E-state index contributed by atoms with van der Waals surface area (Å²) in [5, 5.41) is 3.26. The lowest BCUT2D eigenvalue weighted by atomic mass is 10.1. The van der Waals surface area contributed by atoms with Crippen LogP contribution >= 0.6 is 11.3 Å². The number of anilines is 1. The van der Waals surface area contributed by atoms with Gasteiger partial charge in [0.25, 0.3) is 0 Å². The Morgan fingerprint density at radius 3 is 2.77 bits per heavy atom. The number of thiophene rings is 1. The molecule has 5 nitrogen and oxygen atoms in total. The number of hydrogen-bond donors (Lipinski definition) is 0. The fourth-order valence-electron chi connectivity index (χ4n) is 3.45. The van der Waals surface area contributed by atoms with Crippen molar-refractivity contribution in [2.24, 2.45) is 0 Å². The molecule has 0 saturated carbocycles. The van der Waals surface area contributed by atoms with Crippen LogP contribution < -0.4 is 4.90 Å². The first-order valence-corrected chi connectivity index (χ1v) is 9.81. The van der Waals surface area contributed by atoms with Crippen LogP contribution in [0.3, 0.4) is 0 Å². The van der Waals surface area contributed by atoms with E-state index in [0.29, 0.717) is 6.42 Å². The standard InChI is InChI=1S/C20H22N4OS/c1-14-21-19(23(2)11-12-24-10-6-9-17(24)25)18-16(13-26-20(18)22-14)15-7-4-3-5-8-15/h3-5,7-8,13H,6,9-12H2,1-2H3. The molecule has 0 atom stereocenters. The van der Waals surface area contributed by atoms with Crippen molar-refractivity contribution in [3.8, 4) is 11.1 Å². The van der Waals surface area contributed by atoms with Gasteiger partial charge in [0.1, 0.15) is 16.5 Å². The molecule has 6 heteroatoms. The number of aryl methyl sites for hydroxylation is 1. The van der Waals surface area contributed by atoms with Crippen molar-refractivity contribution in [1.29, 1.82) is 0 Å². The van der Waals surface area contributed by atoms with E-state index in [2.05, 4.69) is 39.5 Å². The number of rotatable bonds is 5. The third-order valence-corrected chi connectivity index (χ3v) is 5.72. The fourth-order valence-corrected chi connectivity index (χ4v) is 4.44. The maximum absolute atomic E-state index is 11.9. The maximum Gasteiger partial charge on any atom is 0.222 e. The first kappa shape index (κ1) is 17.0. The summed E-state index contributed by atoms with van der Waals surface area (Å²) in [5.41, 5.74) is 2.35. The Hall–Kier alpha value is -2.47. The van der Waals surface area contributed by atoms with Crippen LogP contribution in [0.2, 0.25) is 0 Å². The molecule has 1 fully saturated rings. The van der Waals surface area contributed by atoms with E-state index >= 15 is 0 Å². The summed E-state index contributed by atoms with van der Waals surface area (Å²) in [6.07, 6.45) is 1.66. The minimum absolute atomic E-state index is 0.267. The molecule has 0 N–H and O–H groups in total. The van der Waals surface area contributed by atoms with Gasteiger partial charge in [-0.1, -0.05) is 30.3 Å². The van der Waals surface area contributed by atoms with Crippen molar-refractivity contribution >= 4 is 33.3 Å². The molecule has 1 saturated heterocycles. The Morgan fingerprint density at radius 2 is 2.04 bits per heavy atom. The van der Waals surface area contributed by atoms with Gasteiger partial charge in [-0.25, -0.2) is 9.97 Å². The molecule has 0 aliphatic carbocycles. The van der Waals surface area contributed by atoms with Gasteiger partial charge >= 0.3 is 0 Å². The largest absolute Gasteiger partial charge is 0.357 e. The zero-order valence-corrected chi connectivity index (χ0v) is 15.9. The molecule has 134 valence electrons. The first-order valence-electron chi connectivity index (χ1n) is 8.93. The lowest BCUT2D eigenvalue weighted by Crippen LogP contribution is -2.34. The number of nitrogens with zero attached hydrogens (tertiary/aromatic N) is 4. The van der Waals surface area contributed by atoms with E-state index in [0.717, 1.165) is 47.9 Å². The number of aromatic nitrogens is 2. The Bertz CT molecular complexity index is 938.